The summed E-state index contributed by atoms with van der Waals surface area (Å²) in [7, 11) is 0. The van der Waals surface area contributed by atoms with Crippen molar-refractivity contribution in [3.63, 3.8) is 0 Å². The smallest absolute Gasteiger partial charge is 0.335 e. The predicted octanol–water partition coefficient (Wildman–Crippen LogP) is 3.96. The molecule has 0 fully saturated rings. The molecule has 0 aliphatic carbocycles. The maximum Gasteiger partial charge on any atom is 0.335 e. The molecule has 2 aromatic rings. The van der Waals surface area contributed by atoms with Crippen LogP contribution in [0, 0.1) is 0 Å². The first-order chi connectivity index (χ1) is 10.1. The SMILES string of the molecule is CCOc1ccc(C(C)Nc2cccc(C(=O)O)c2)cc1. The van der Waals surface area contributed by atoms with E-state index in [4.69, 9.17) is 9.84 Å². The minimum Gasteiger partial charge on any atom is -0.494 e. The van der Waals surface area contributed by atoms with E-state index in [1.807, 2.05) is 44.2 Å². The topological polar surface area (TPSA) is 58.6 Å². The van der Waals surface area contributed by atoms with Gasteiger partial charge >= 0.3 is 5.97 Å². The highest BCUT2D eigenvalue weighted by molar-refractivity contribution is 5.88. The molecule has 2 aromatic carbocycles. The first-order valence-corrected chi connectivity index (χ1v) is 6.93. The second kappa shape index (κ2) is 6.79. The lowest BCUT2D eigenvalue weighted by Crippen LogP contribution is -2.07. The van der Waals surface area contributed by atoms with Crippen LogP contribution in [0.5, 0.6) is 5.75 Å². The molecule has 0 radical (unpaired) electrons. The Morgan fingerprint density at radius 3 is 2.57 bits per heavy atom. The molecule has 1 unspecified atom stereocenters. The molecule has 4 heteroatoms. The summed E-state index contributed by atoms with van der Waals surface area (Å²) in [5, 5.41) is 12.3. The monoisotopic (exact) mass is 285 g/mol. The largest absolute Gasteiger partial charge is 0.494 e. The fourth-order valence-corrected chi connectivity index (χ4v) is 2.09. The van der Waals surface area contributed by atoms with Crippen LogP contribution in [-0.2, 0) is 0 Å². The number of carboxylic acids is 1. The Bertz CT molecular complexity index is 608. The lowest BCUT2D eigenvalue weighted by molar-refractivity contribution is 0.0697. The van der Waals surface area contributed by atoms with Gasteiger partial charge in [0.25, 0.3) is 0 Å². The van der Waals surface area contributed by atoms with Crippen molar-refractivity contribution in [2.75, 3.05) is 11.9 Å². The van der Waals surface area contributed by atoms with Crippen molar-refractivity contribution in [1.29, 1.82) is 0 Å². The number of hydrogen-bond acceptors (Lipinski definition) is 3. The molecule has 4 nitrogen and oxygen atoms in total. The fourth-order valence-electron chi connectivity index (χ4n) is 2.09. The van der Waals surface area contributed by atoms with Gasteiger partial charge < -0.3 is 15.2 Å². The van der Waals surface area contributed by atoms with Gasteiger partial charge in [0, 0.05) is 11.7 Å². The van der Waals surface area contributed by atoms with E-state index in [1.54, 1.807) is 18.2 Å². The zero-order chi connectivity index (χ0) is 15.2. The summed E-state index contributed by atoms with van der Waals surface area (Å²) < 4.78 is 5.42. The second-order valence-electron chi connectivity index (χ2n) is 4.75. The molecule has 2 rings (SSSR count). The number of anilines is 1. The Morgan fingerprint density at radius 2 is 1.95 bits per heavy atom. The zero-order valence-electron chi connectivity index (χ0n) is 12.2. The van der Waals surface area contributed by atoms with E-state index in [9.17, 15) is 4.79 Å². The Morgan fingerprint density at radius 1 is 1.24 bits per heavy atom. The third-order valence-corrected chi connectivity index (χ3v) is 3.18. The molecule has 0 aromatic heterocycles. The van der Waals surface area contributed by atoms with Gasteiger partial charge in [0.1, 0.15) is 5.75 Å². The van der Waals surface area contributed by atoms with Crippen molar-refractivity contribution in [1.82, 2.24) is 0 Å². The summed E-state index contributed by atoms with van der Waals surface area (Å²) in [5.41, 5.74) is 2.18. The molecule has 21 heavy (non-hydrogen) atoms. The van der Waals surface area contributed by atoms with E-state index < -0.39 is 5.97 Å². The summed E-state index contributed by atoms with van der Waals surface area (Å²) in [6, 6.07) is 14.8. The number of benzene rings is 2. The predicted molar refractivity (Wildman–Crippen MR) is 83.1 cm³/mol. The zero-order valence-corrected chi connectivity index (χ0v) is 12.2. The lowest BCUT2D eigenvalue weighted by atomic mass is 10.1. The van der Waals surface area contributed by atoms with Crippen LogP contribution in [0.25, 0.3) is 0 Å². The molecule has 0 bridgehead atoms. The fraction of sp³-hybridized carbons (Fsp3) is 0.235. The first kappa shape index (κ1) is 14.9. The van der Waals surface area contributed by atoms with Crippen LogP contribution in [0.1, 0.15) is 35.8 Å². The Hall–Kier alpha value is -2.49. The molecule has 0 spiro atoms. The number of ether oxygens (including phenoxy) is 1. The van der Waals surface area contributed by atoms with Crippen LogP contribution >= 0.6 is 0 Å². The van der Waals surface area contributed by atoms with E-state index in [0.29, 0.717) is 6.61 Å². The summed E-state index contributed by atoms with van der Waals surface area (Å²) in [5.74, 6) is -0.0753. The third kappa shape index (κ3) is 3.99. The van der Waals surface area contributed by atoms with Gasteiger partial charge in [0.2, 0.25) is 0 Å². The van der Waals surface area contributed by atoms with Crippen LogP contribution in [-0.4, -0.2) is 17.7 Å². The van der Waals surface area contributed by atoms with E-state index in [0.717, 1.165) is 17.0 Å². The van der Waals surface area contributed by atoms with Gasteiger partial charge in [0.05, 0.1) is 12.2 Å². The van der Waals surface area contributed by atoms with E-state index >= 15 is 0 Å². The number of rotatable bonds is 6. The second-order valence-corrected chi connectivity index (χ2v) is 4.75. The average molecular weight is 285 g/mol. The summed E-state index contributed by atoms with van der Waals surface area (Å²) in [6.45, 7) is 4.63. The lowest BCUT2D eigenvalue weighted by Gasteiger charge is -2.16. The quantitative estimate of drug-likeness (QED) is 0.843. The average Bonchev–Trinajstić information content (AvgIpc) is 2.48. The van der Waals surface area contributed by atoms with Gasteiger partial charge in [-0.2, -0.15) is 0 Å². The normalized spacial score (nSPS) is 11.7. The molecule has 2 N–H and O–H groups in total. The van der Waals surface area contributed by atoms with Crippen molar-refractivity contribution in [2.24, 2.45) is 0 Å². The minimum atomic E-state index is -0.924. The van der Waals surface area contributed by atoms with Crippen molar-refractivity contribution in [3.8, 4) is 5.75 Å². The molecule has 0 aliphatic rings. The molecule has 0 amide bonds. The van der Waals surface area contributed by atoms with Gasteiger partial charge in [-0.05, 0) is 49.7 Å². The van der Waals surface area contributed by atoms with Crippen molar-refractivity contribution < 1.29 is 14.6 Å². The number of carboxylic acid groups (broad SMARTS) is 1. The van der Waals surface area contributed by atoms with E-state index in [1.165, 1.54) is 0 Å². The van der Waals surface area contributed by atoms with Gasteiger partial charge in [-0.3, -0.25) is 0 Å². The third-order valence-electron chi connectivity index (χ3n) is 3.18. The minimum absolute atomic E-state index is 0.0738. The van der Waals surface area contributed by atoms with Gasteiger partial charge in [-0.15, -0.1) is 0 Å². The summed E-state index contributed by atoms with van der Waals surface area (Å²) >= 11 is 0. The highest BCUT2D eigenvalue weighted by Crippen LogP contribution is 2.22. The molecule has 0 saturated heterocycles. The Balaban J connectivity index is 2.08. The van der Waals surface area contributed by atoms with E-state index in [2.05, 4.69) is 5.32 Å². The maximum absolute atomic E-state index is 11.0. The van der Waals surface area contributed by atoms with Crippen LogP contribution < -0.4 is 10.1 Å². The summed E-state index contributed by atoms with van der Waals surface area (Å²) in [6.07, 6.45) is 0. The Kier molecular flexibility index (Phi) is 4.82. The number of carbonyl (C=O) groups is 1. The molecule has 0 saturated carbocycles. The van der Waals surface area contributed by atoms with Gasteiger partial charge in [-0.1, -0.05) is 18.2 Å². The number of hydrogen-bond donors (Lipinski definition) is 2. The van der Waals surface area contributed by atoms with Crippen LogP contribution in [0.2, 0.25) is 0 Å². The number of aromatic carboxylic acids is 1. The standard InChI is InChI=1S/C17H19NO3/c1-3-21-16-9-7-13(8-10-16)12(2)18-15-6-4-5-14(11-15)17(19)20/h4-12,18H,3H2,1-2H3,(H,19,20). The molecular weight excluding hydrogens is 266 g/mol. The molecule has 1 atom stereocenters. The first-order valence-electron chi connectivity index (χ1n) is 6.93. The molecule has 0 heterocycles. The highest BCUT2D eigenvalue weighted by atomic mass is 16.5. The van der Waals surface area contributed by atoms with Gasteiger partial charge in [-0.25, -0.2) is 4.79 Å². The van der Waals surface area contributed by atoms with Crippen LogP contribution in [0.4, 0.5) is 5.69 Å². The van der Waals surface area contributed by atoms with Crippen LogP contribution in [0.3, 0.4) is 0 Å². The van der Waals surface area contributed by atoms with Crippen molar-refractivity contribution >= 4 is 11.7 Å². The number of nitrogens with one attached hydrogen (secondary N) is 1. The van der Waals surface area contributed by atoms with Crippen molar-refractivity contribution in [2.45, 2.75) is 19.9 Å². The summed E-state index contributed by atoms with van der Waals surface area (Å²) in [4.78, 5) is 11.0. The highest BCUT2D eigenvalue weighted by Gasteiger charge is 2.08. The van der Waals surface area contributed by atoms with E-state index in [-0.39, 0.29) is 11.6 Å². The molecule has 0 aliphatic heterocycles. The van der Waals surface area contributed by atoms with Crippen LogP contribution in [0.15, 0.2) is 48.5 Å². The maximum atomic E-state index is 11.0. The Labute approximate surface area is 124 Å². The molecule has 110 valence electrons. The molecular formula is C17H19NO3. The van der Waals surface area contributed by atoms with Crippen molar-refractivity contribution in [3.05, 3.63) is 59.7 Å². The van der Waals surface area contributed by atoms with Gasteiger partial charge in [0.15, 0.2) is 0 Å².